The van der Waals surface area contributed by atoms with E-state index in [0.29, 0.717) is 6.04 Å². The van der Waals surface area contributed by atoms with E-state index in [4.69, 9.17) is 0 Å². The van der Waals surface area contributed by atoms with E-state index < -0.39 is 0 Å². The highest BCUT2D eigenvalue weighted by Gasteiger charge is 2.42. The summed E-state index contributed by atoms with van der Waals surface area (Å²) in [7, 11) is 0. The molecular formula is C14H25N3. The number of hydrogen-bond acceptors (Lipinski definition) is 3. The molecule has 0 radical (unpaired) electrons. The average Bonchev–Trinajstić information content (AvgIpc) is 2.93. The van der Waals surface area contributed by atoms with Crippen molar-refractivity contribution in [1.29, 1.82) is 5.26 Å². The molecule has 0 aromatic carbocycles. The molecule has 1 heterocycles. The molecule has 17 heavy (non-hydrogen) atoms. The SMILES string of the molecule is CCCNC1(C#N)CCC(N2CCCC2C)C1. The molecule has 3 heteroatoms. The van der Waals surface area contributed by atoms with Gasteiger partial charge in [0.25, 0.3) is 0 Å². The van der Waals surface area contributed by atoms with Gasteiger partial charge in [-0.05, 0) is 58.5 Å². The van der Waals surface area contributed by atoms with Crippen molar-refractivity contribution in [3.8, 4) is 6.07 Å². The van der Waals surface area contributed by atoms with Crippen LogP contribution in [0.1, 0.15) is 52.4 Å². The summed E-state index contributed by atoms with van der Waals surface area (Å²) >= 11 is 0. The maximum atomic E-state index is 9.44. The van der Waals surface area contributed by atoms with E-state index in [1.165, 1.54) is 25.8 Å². The largest absolute Gasteiger partial charge is 0.299 e. The van der Waals surface area contributed by atoms with Gasteiger partial charge in [-0.2, -0.15) is 5.26 Å². The lowest BCUT2D eigenvalue weighted by Gasteiger charge is -2.30. The number of nitriles is 1. The quantitative estimate of drug-likeness (QED) is 0.812. The molecule has 2 rings (SSSR count). The molecule has 1 aliphatic heterocycles. The van der Waals surface area contributed by atoms with Crippen LogP contribution in [0.5, 0.6) is 0 Å². The monoisotopic (exact) mass is 235 g/mol. The third kappa shape index (κ3) is 2.64. The molecular weight excluding hydrogens is 210 g/mol. The molecule has 0 aromatic heterocycles. The van der Waals surface area contributed by atoms with Gasteiger partial charge in [-0.3, -0.25) is 10.2 Å². The van der Waals surface area contributed by atoms with Crippen LogP contribution in [0.2, 0.25) is 0 Å². The minimum absolute atomic E-state index is 0.233. The third-order valence-electron chi connectivity index (χ3n) is 4.49. The summed E-state index contributed by atoms with van der Waals surface area (Å²) in [5, 5.41) is 12.9. The lowest BCUT2D eigenvalue weighted by Crippen LogP contribution is -2.44. The Hall–Kier alpha value is -0.590. The topological polar surface area (TPSA) is 39.1 Å². The minimum Gasteiger partial charge on any atom is -0.299 e. The Labute approximate surface area is 105 Å². The summed E-state index contributed by atoms with van der Waals surface area (Å²) in [5.41, 5.74) is -0.233. The van der Waals surface area contributed by atoms with Gasteiger partial charge < -0.3 is 0 Å². The van der Waals surface area contributed by atoms with Crippen LogP contribution in [-0.2, 0) is 0 Å². The molecule has 2 aliphatic rings. The van der Waals surface area contributed by atoms with Crippen LogP contribution in [0.25, 0.3) is 0 Å². The molecule has 96 valence electrons. The molecule has 2 fully saturated rings. The van der Waals surface area contributed by atoms with Crippen molar-refractivity contribution in [1.82, 2.24) is 10.2 Å². The molecule has 1 N–H and O–H groups in total. The van der Waals surface area contributed by atoms with E-state index in [2.05, 4.69) is 30.1 Å². The molecule has 0 aromatic rings. The molecule has 0 amide bonds. The second-order valence-electron chi connectivity index (χ2n) is 5.75. The Morgan fingerprint density at radius 3 is 2.88 bits per heavy atom. The molecule has 3 atom stereocenters. The average molecular weight is 235 g/mol. The lowest BCUT2D eigenvalue weighted by molar-refractivity contribution is 0.186. The summed E-state index contributed by atoms with van der Waals surface area (Å²) in [6, 6.07) is 3.90. The van der Waals surface area contributed by atoms with Crippen molar-refractivity contribution in [3.63, 3.8) is 0 Å². The first-order valence-electron chi connectivity index (χ1n) is 7.13. The van der Waals surface area contributed by atoms with Gasteiger partial charge in [0.15, 0.2) is 0 Å². The third-order valence-corrected chi connectivity index (χ3v) is 4.49. The molecule has 1 saturated carbocycles. The Morgan fingerprint density at radius 1 is 1.47 bits per heavy atom. The second-order valence-corrected chi connectivity index (χ2v) is 5.75. The van der Waals surface area contributed by atoms with E-state index in [-0.39, 0.29) is 5.54 Å². The zero-order chi connectivity index (χ0) is 12.3. The summed E-state index contributed by atoms with van der Waals surface area (Å²) in [4.78, 5) is 2.63. The zero-order valence-electron chi connectivity index (χ0n) is 11.2. The molecule has 1 aliphatic carbocycles. The predicted octanol–water partition coefficient (Wildman–Crippen LogP) is 2.29. The Kier molecular flexibility index (Phi) is 4.06. The van der Waals surface area contributed by atoms with Gasteiger partial charge in [0.05, 0.1) is 6.07 Å². The summed E-state index contributed by atoms with van der Waals surface area (Å²) in [5.74, 6) is 0. The van der Waals surface area contributed by atoms with Gasteiger partial charge in [0.2, 0.25) is 0 Å². The van der Waals surface area contributed by atoms with E-state index in [9.17, 15) is 5.26 Å². The summed E-state index contributed by atoms with van der Waals surface area (Å²) in [6.45, 7) is 6.70. The van der Waals surface area contributed by atoms with Crippen LogP contribution in [0.15, 0.2) is 0 Å². The standard InChI is InChI=1S/C14H25N3/c1-3-8-16-14(11-15)7-6-13(10-14)17-9-4-5-12(17)2/h12-13,16H,3-10H2,1-2H3. The van der Waals surface area contributed by atoms with Crippen molar-refractivity contribution in [2.45, 2.75) is 70.0 Å². The first-order valence-corrected chi connectivity index (χ1v) is 7.13. The van der Waals surface area contributed by atoms with Crippen LogP contribution < -0.4 is 5.32 Å². The van der Waals surface area contributed by atoms with Crippen LogP contribution in [0.4, 0.5) is 0 Å². The Balaban J connectivity index is 1.95. The van der Waals surface area contributed by atoms with E-state index in [1.54, 1.807) is 0 Å². The highest BCUT2D eigenvalue weighted by Crippen LogP contribution is 2.35. The molecule has 3 unspecified atom stereocenters. The van der Waals surface area contributed by atoms with Crippen LogP contribution in [0.3, 0.4) is 0 Å². The van der Waals surface area contributed by atoms with Crippen LogP contribution in [0, 0.1) is 11.3 Å². The number of nitrogens with zero attached hydrogens (tertiary/aromatic N) is 2. The number of nitrogens with one attached hydrogen (secondary N) is 1. The highest BCUT2D eigenvalue weighted by atomic mass is 15.2. The van der Waals surface area contributed by atoms with Crippen molar-refractivity contribution in [3.05, 3.63) is 0 Å². The van der Waals surface area contributed by atoms with Crippen molar-refractivity contribution < 1.29 is 0 Å². The smallest absolute Gasteiger partial charge is 0.108 e. The Bertz CT molecular complexity index is 296. The zero-order valence-corrected chi connectivity index (χ0v) is 11.2. The predicted molar refractivity (Wildman–Crippen MR) is 69.7 cm³/mol. The maximum Gasteiger partial charge on any atom is 0.108 e. The number of hydrogen-bond donors (Lipinski definition) is 1. The first-order chi connectivity index (χ1) is 8.21. The molecule has 0 spiro atoms. The van der Waals surface area contributed by atoms with Crippen molar-refractivity contribution in [2.75, 3.05) is 13.1 Å². The van der Waals surface area contributed by atoms with Crippen molar-refractivity contribution >= 4 is 0 Å². The Morgan fingerprint density at radius 2 is 2.29 bits per heavy atom. The second kappa shape index (κ2) is 5.37. The van der Waals surface area contributed by atoms with Crippen LogP contribution in [-0.4, -0.2) is 35.6 Å². The minimum atomic E-state index is -0.233. The number of likely N-dealkylation sites (tertiary alicyclic amines) is 1. The van der Waals surface area contributed by atoms with Gasteiger partial charge >= 0.3 is 0 Å². The first kappa shape index (κ1) is 12.9. The normalized spacial score (nSPS) is 38.4. The molecule has 1 saturated heterocycles. The maximum absolute atomic E-state index is 9.44. The van der Waals surface area contributed by atoms with Gasteiger partial charge in [0, 0.05) is 12.1 Å². The van der Waals surface area contributed by atoms with Crippen molar-refractivity contribution in [2.24, 2.45) is 0 Å². The van der Waals surface area contributed by atoms with E-state index in [0.717, 1.165) is 31.8 Å². The van der Waals surface area contributed by atoms with Gasteiger partial charge in [-0.15, -0.1) is 0 Å². The van der Waals surface area contributed by atoms with Crippen LogP contribution >= 0.6 is 0 Å². The summed E-state index contributed by atoms with van der Waals surface area (Å²) < 4.78 is 0. The van der Waals surface area contributed by atoms with Gasteiger partial charge in [-0.1, -0.05) is 6.92 Å². The fraction of sp³-hybridized carbons (Fsp3) is 0.929. The van der Waals surface area contributed by atoms with Gasteiger partial charge in [0.1, 0.15) is 5.54 Å². The van der Waals surface area contributed by atoms with E-state index >= 15 is 0 Å². The molecule has 0 bridgehead atoms. The molecule has 3 nitrogen and oxygen atoms in total. The lowest BCUT2D eigenvalue weighted by atomic mass is 9.99. The summed E-state index contributed by atoms with van der Waals surface area (Å²) in [6.07, 6.45) is 7.01. The fourth-order valence-corrected chi connectivity index (χ4v) is 3.47. The highest BCUT2D eigenvalue weighted by molar-refractivity contribution is 5.13. The van der Waals surface area contributed by atoms with Gasteiger partial charge in [-0.25, -0.2) is 0 Å². The number of rotatable bonds is 4. The van der Waals surface area contributed by atoms with E-state index in [1.807, 2.05) is 0 Å². The fourth-order valence-electron chi connectivity index (χ4n) is 3.47.